The fourth-order valence-corrected chi connectivity index (χ4v) is 9.81. The molecule has 7 rings (SSSR count). The van der Waals surface area contributed by atoms with E-state index < -0.39 is 40.5 Å². The zero-order valence-corrected chi connectivity index (χ0v) is 29.1. The summed E-state index contributed by atoms with van der Waals surface area (Å²) in [6.45, 7) is 1.84. The number of thiophene rings is 1. The number of anilines is 1. The molecule has 4 aliphatic rings. The van der Waals surface area contributed by atoms with Crippen molar-refractivity contribution >= 4 is 91.7 Å². The molecule has 2 unspecified atom stereocenters. The molecule has 2 atom stereocenters. The molecule has 12 nitrogen and oxygen atoms in total. The summed E-state index contributed by atoms with van der Waals surface area (Å²) in [7, 11) is 0. The first-order valence-corrected chi connectivity index (χ1v) is 18.8. The molecule has 2 amide bonds. The largest absolute Gasteiger partial charge is 0.477 e. The van der Waals surface area contributed by atoms with E-state index in [4.69, 9.17) is 12.2 Å². The van der Waals surface area contributed by atoms with Gasteiger partial charge in [-0.1, -0.05) is 30.0 Å². The van der Waals surface area contributed by atoms with Gasteiger partial charge in [-0.05, 0) is 42.0 Å². The van der Waals surface area contributed by atoms with E-state index in [0.717, 1.165) is 23.8 Å². The van der Waals surface area contributed by atoms with Gasteiger partial charge in [0.1, 0.15) is 32.8 Å². The Bertz CT molecular complexity index is 1990. The molecule has 0 bridgehead atoms. The molecule has 3 aliphatic heterocycles. The van der Waals surface area contributed by atoms with Crippen LogP contribution in [0.1, 0.15) is 34.1 Å². The Kier molecular flexibility index (Phi) is 9.19. The van der Waals surface area contributed by atoms with Crippen LogP contribution >= 0.6 is 47.1 Å². The van der Waals surface area contributed by atoms with Crippen LogP contribution < -0.4 is 15.6 Å². The number of aromatic nitrogens is 1. The van der Waals surface area contributed by atoms with Crippen LogP contribution in [0.15, 0.2) is 51.9 Å². The molecule has 1 saturated carbocycles. The number of nitrogens with zero attached hydrogens (tertiary/aromatic N) is 4. The number of thiocarbonyl (C=S) groups is 1. The van der Waals surface area contributed by atoms with Gasteiger partial charge in [0, 0.05) is 60.2 Å². The summed E-state index contributed by atoms with van der Waals surface area (Å²) in [6, 6.07) is 5.74. The zero-order valence-electron chi connectivity index (χ0n) is 25.8. The van der Waals surface area contributed by atoms with Crippen molar-refractivity contribution in [1.82, 2.24) is 19.7 Å². The average Bonchev–Trinajstić information content (AvgIpc) is 3.80. The molecule has 3 aromatic rings. The van der Waals surface area contributed by atoms with Gasteiger partial charge in [-0.15, -0.1) is 23.1 Å². The Balaban J connectivity index is 0.982. The topological polar surface area (TPSA) is 152 Å². The number of halogens is 1. The Morgan fingerprint density at radius 2 is 1.84 bits per heavy atom. The number of hydrogen-bond acceptors (Lipinski definition) is 10. The second-order valence-corrected chi connectivity index (χ2v) is 15.9. The van der Waals surface area contributed by atoms with E-state index in [1.54, 1.807) is 10.6 Å². The van der Waals surface area contributed by atoms with E-state index >= 15 is 4.39 Å². The number of aromatic carboxylic acids is 1. The molecule has 2 aromatic heterocycles. The van der Waals surface area contributed by atoms with Crippen molar-refractivity contribution in [2.75, 3.05) is 42.6 Å². The third-order valence-corrected chi connectivity index (χ3v) is 12.8. The number of carbonyl (C=O) groups is 4. The van der Waals surface area contributed by atoms with Gasteiger partial charge in [0.2, 0.25) is 11.3 Å². The molecule has 0 spiro atoms. The number of fused-ring (bicyclic) bond motifs is 2. The molecule has 1 aromatic carbocycles. The number of piperazine rings is 1. The van der Waals surface area contributed by atoms with Gasteiger partial charge in [0.25, 0.3) is 5.91 Å². The van der Waals surface area contributed by atoms with Crippen LogP contribution in [-0.4, -0.2) is 102 Å². The monoisotopic (exact) mass is 743 g/mol. The lowest BCUT2D eigenvalue weighted by atomic mass is 10.0. The Labute approximate surface area is 296 Å². The van der Waals surface area contributed by atoms with E-state index in [2.05, 4.69) is 5.32 Å². The zero-order chi connectivity index (χ0) is 34.6. The number of nitrogens with one attached hydrogen (secondary N) is 1. The second kappa shape index (κ2) is 13.4. The first kappa shape index (κ1) is 33.6. The van der Waals surface area contributed by atoms with E-state index in [1.165, 1.54) is 46.0 Å². The van der Waals surface area contributed by atoms with Gasteiger partial charge in [-0.25, -0.2) is 14.0 Å². The SMILES string of the molecule is O=C(Cc1cccs1)NC1C(=O)N2C(C(=O)O)=C(CSC(=S)N3CCN(c4cc5c(cc4F)c(=O)c(C(=O)O)cn5C4CC4)CC3)CSC12. The molecule has 0 radical (unpaired) electrons. The predicted octanol–water partition coefficient (Wildman–Crippen LogP) is 3.36. The molecule has 1 aliphatic carbocycles. The van der Waals surface area contributed by atoms with Gasteiger partial charge < -0.3 is 29.9 Å². The summed E-state index contributed by atoms with van der Waals surface area (Å²) in [5.41, 5.74) is 0.254. The molecule has 49 heavy (non-hydrogen) atoms. The highest BCUT2D eigenvalue weighted by molar-refractivity contribution is 8.23. The summed E-state index contributed by atoms with van der Waals surface area (Å²) in [5, 5.41) is 23.7. The maximum Gasteiger partial charge on any atom is 0.352 e. The average molecular weight is 744 g/mol. The molecule has 3 fully saturated rings. The first-order chi connectivity index (χ1) is 23.5. The van der Waals surface area contributed by atoms with Crippen molar-refractivity contribution in [1.29, 1.82) is 0 Å². The molecule has 3 N–H and O–H groups in total. The summed E-state index contributed by atoms with van der Waals surface area (Å²) in [6.07, 6.45) is 3.22. The van der Waals surface area contributed by atoms with Gasteiger partial charge in [0.15, 0.2) is 0 Å². The van der Waals surface area contributed by atoms with Crippen molar-refractivity contribution in [2.24, 2.45) is 0 Å². The predicted molar refractivity (Wildman–Crippen MR) is 190 cm³/mol. The van der Waals surface area contributed by atoms with Crippen molar-refractivity contribution in [2.45, 2.75) is 36.7 Å². The lowest BCUT2D eigenvalue weighted by molar-refractivity contribution is -0.150. The number of carboxylic acids is 2. The van der Waals surface area contributed by atoms with Crippen molar-refractivity contribution in [3.63, 3.8) is 0 Å². The standard InChI is InChI=1S/C32H30FN5O7S4/c33-21-11-19-22(37(17-3-4-17)13-20(27(19)40)30(42)43)12-23(21)35-5-7-36(8-6-35)32(46)49-15-16-14-48-29-25(28(41)38(29)26(16)31(44)45)34-24(39)10-18-2-1-9-47-18/h1-2,9,11-13,17,25,29H,3-8,10,14-15H2,(H,34,39)(H,42,43)(H,44,45). The van der Waals surface area contributed by atoms with Crippen LogP contribution in [-0.2, 0) is 20.8 Å². The fraction of sp³-hybridized carbons (Fsp3) is 0.375. The number of pyridine rings is 1. The number of carbonyl (C=O) groups excluding carboxylic acids is 2. The number of benzene rings is 1. The van der Waals surface area contributed by atoms with Crippen LogP contribution in [0, 0.1) is 5.82 Å². The highest BCUT2D eigenvalue weighted by atomic mass is 32.2. The van der Waals surface area contributed by atoms with Crippen LogP contribution in [0.25, 0.3) is 10.9 Å². The normalized spacial score (nSPS) is 20.7. The number of aliphatic carboxylic acids is 1. The maximum atomic E-state index is 15.4. The lowest BCUT2D eigenvalue weighted by Gasteiger charge is -2.49. The van der Waals surface area contributed by atoms with Crippen LogP contribution in [0.3, 0.4) is 0 Å². The highest BCUT2D eigenvalue weighted by Gasteiger charge is 2.54. The Hall–Kier alpha value is -3.93. The van der Waals surface area contributed by atoms with Crippen LogP contribution in [0.4, 0.5) is 10.1 Å². The minimum absolute atomic E-state index is 0.0424. The maximum absolute atomic E-state index is 15.4. The summed E-state index contributed by atoms with van der Waals surface area (Å²) in [5.74, 6) is -3.25. The first-order valence-electron chi connectivity index (χ1n) is 15.5. The van der Waals surface area contributed by atoms with E-state index in [0.29, 0.717) is 53.0 Å². The molecule has 5 heterocycles. The van der Waals surface area contributed by atoms with E-state index in [1.807, 2.05) is 27.3 Å². The number of β-lactam (4-membered cyclic amide) rings is 1. The smallest absolute Gasteiger partial charge is 0.352 e. The molecule has 17 heteroatoms. The fourth-order valence-electron chi connectivity index (χ4n) is 6.37. The number of carboxylic acid groups (broad SMARTS) is 2. The van der Waals surface area contributed by atoms with Crippen molar-refractivity contribution in [3.05, 3.63) is 73.6 Å². The Morgan fingerprint density at radius 1 is 1.08 bits per heavy atom. The number of amides is 2. The Morgan fingerprint density at radius 3 is 2.49 bits per heavy atom. The van der Waals surface area contributed by atoms with Gasteiger partial charge in [0.05, 0.1) is 17.6 Å². The molecular formula is C32H30FN5O7S4. The lowest BCUT2D eigenvalue weighted by Crippen LogP contribution is -2.70. The molecule has 256 valence electrons. The molecular weight excluding hydrogens is 714 g/mol. The van der Waals surface area contributed by atoms with Gasteiger partial charge in [-0.2, -0.15) is 0 Å². The van der Waals surface area contributed by atoms with Crippen molar-refractivity contribution < 1.29 is 33.8 Å². The van der Waals surface area contributed by atoms with Crippen molar-refractivity contribution in [3.8, 4) is 0 Å². The summed E-state index contributed by atoms with van der Waals surface area (Å²) >= 11 is 9.87. The summed E-state index contributed by atoms with van der Waals surface area (Å²) in [4.78, 5) is 68.3. The molecule has 2 saturated heterocycles. The van der Waals surface area contributed by atoms with Crippen LogP contribution in [0.2, 0.25) is 0 Å². The third kappa shape index (κ3) is 6.44. The van der Waals surface area contributed by atoms with Crippen LogP contribution in [0.5, 0.6) is 0 Å². The van der Waals surface area contributed by atoms with Gasteiger partial charge >= 0.3 is 11.9 Å². The minimum atomic E-state index is -1.34. The number of rotatable bonds is 9. The number of thioether (sulfide) groups is 2. The quantitative estimate of drug-likeness (QED) is 0.218. The highest BCUT2D eigenvalue weighted by Crippen LogP contribution is 2.42. The number of hydrogen-bond donors (Lipinski definition) is 3. The van der Waals surface area contributed by atoms with Gasteiger partial charge in [-0.3, -0.25) is 19.3 Å². The third-order valence-electron chi connectivity index (χ3n) is 9.00. The van der Waals surface area contributed by atoms with E-state index in [-0.39, 0.29) is 40.8 Å². The minimum Gasteiger partial charge on any atom is -0.477 e. The van der Waals surface area contributed by atoms with E-state index in [9.17, 15) is 34.2 Å². The summed E-state index contributed by atoms with van der Waals surface area (Å²) < 4.78 is 17.7. The second-order valence-electron chi connectivity index (χ2n) is 12.1.